The molecule has 4 nitrogen and oxygen atoms in total. The van der Waals surface area contributed by atoms with E-state index in [1.54, 1.807) is 6.92 Å². The first kappa shape index (κ1) is 14.3. The molecule has 0 saturated carbocycles. The molecule has 0 N–H and O–H groups in total. The van der Waals surface area contributed by atoms with Crippen LogP contribution in [0.25, 0.3) is 0 Å². The van der Waals surface area contributed by atoms with E-state index in [0.717, 1.165) is 10.5 Å². The fourth-order valence-corrected chi connectivity index (χ4v) is 2.52. The molecule has 1 aliphatic rings. The summed E-state index contributed by atoms with van der Waals surface area (Å²) in [4.78, 5) is 27.5. The number of carbonyl (C=O) groups is 2. The zero-order valence-electron chi connectivity index (χ0n) is 12.1. The Bertz CT molecular complexity index is 700. The van der Waals surface area contributed by atoms with Crippen molar-refractivity contribution < 1.29 is 14.0 Å². The number of imide groups is 1. The smallest absolute Gasteiger partial charge is 0.308 e. The number of urea groups is 1. The normalized spacial score (nSPS) is 18.2. The molecule has 5 heteroatoms. The van der Waals surface area contributed by atoms with E-state index >= 15 is 0 Å². The van der Waals surface area contributed by atoms with Gasteiger partial charge in [-0.05, 0) is 36.8 Å². The maximum Gasteiger partial charge on any atom is 0.332 e. The Morgan fingerprint density at radius 2 is 1.64 bits per heavy atom. The van der Waals surface area contributed by atoms with E-state index in [9.17, 15) is 14.0 Å². The zero-order chi connectivity index (χ0) is 15.7. The van der Waals surface area contributed by atoms with Gasteiger partial charge >= 0.3 is 6.03 Å². The number of halogens is 1. The molecule has 2 aromatic rings. The third-order valence-corrected chi connectivity index (χ3v) is 3.76. The van der Waals surface area contributed by atoms with Gasteiger partial charge in [-0.3, -0.25) is 4.79 Å². The second kappa shape index (κ2) is 5.60. The predicted molar refractivity (Wildman–Crippen MR) is 80.7 cm³/mol. The summed E-state index contributed by atoms with van der Waals surface area (Å²) < 4.78 is 13.0. The van der Waals surface area contributed by atoms with Crippen molar-refractivity contribution in [2.24, 2.45) is 0 Å². The van der Waals surface area contributed by atoms with Crippen LogP contribution >= 0.6 is 0 Å². The highest BCUT2D eigenvalue weighted by Gasteiger charge is 2.43. The van der Waals surface area contributed by atoms with Crippen molar-refractivity contribution >= 4 is 17.6 Å². The van der Waals surface area contributed by atoms with Gasteiger partial charge in [0, 0.05) is 6.54 Å². The lowest BCUT2D eigenvalue weighted by Gasteiger charge is -2.19. The zero-order valence-corrected chi connectivity index (χ0v) is 12.1. The lowest BCUT2D eigenvalue weighted by atomic mass is 10.2. The first-order valence-corrected chi connectivity index (χ1v) is 7.02. The Morgan fingerprint density at radius 1 is 1.00 bits per heavy atom. The molecular formula is C17H15FN2O2. The van der Waals surface area contributed by atoms with Gasteiger partial charge in [-0.15, -0.1) is 0 Å². The molecule has 3 amide bonds. The van der Waals surface area contributed by atoms with Crippen molar-refractivity contribution in [2.75, 3.05) is 4.90 Å². The van der Waals surface area contributed by atoms with Crippen LogP contribution in [-0.2, 0) is 11.3 Å². The molecule has 3 rings (SSSR count). The summed E-state index contributed by atoms with van der Waals surface area (Å²) in [6, 6.07) is 13.9. The van der Waals surface area contributed by atoms with Crippen LogP contribution in [0.2, 0.25) is 0 Å². The summed E-state index contributed by atoms with van der Waals surface area (Å²) >= 11 is 0. The van der Waals surface area contributed by atoms with Gasteiger partial charge in [-0.2, -0.15) is 0 Å². The van der Waals surface area contributed by atoms with Crippen LogP contribution in [0.1, 0.15) is 12.5 Å². The van der Waals surface area contributed by atoms with E-state index in [4.69, 9.17) is 0 Å². The Balaban J connectivity index is 1.87. The predicted octanol–water partition coefficient (Wildman–Crippen LogP) is 3.18. The first-order valence-electron chi connectivity index (χ1n) is 7.02. The minimum absolute atomic E-state index is 0.299. The van der Waals surface area contributed by atoms with Gasteiger partial charge in [0.1, 0.15) is 11.9 Å². The summed E-state index contributed by atoms with van der Waals surface area (Å²) in [5.74, 6) is -0.704. The topological polar surface area (TPSA) is 40.6 Å². The first-order chi connectivity index (χ1) is 10.6. The maximum absolute atomic E-state index is 13.0. The number of hydrogen-bond donors (Lipinski definition) is 0. The molecule has 2 aromatic carbocycles. The van der Waals surface area contributed by atoms with Crippen molar-refractivity contribution in [3.63, 3.8) is 0 Å². The van der Waals surface area contributed by atoms with Crippen LogP contribution in [-0.4, -0.2) is 22.9 Å². The van der Waals surface area contributed by atoms with Gasteiger partial charge in [0.2, 0.25) is 0 Å². The highest BCUT2D eigenvalue weighted by Crippen LogP contribution is 2.26. The Kier molecular flexibility index (Phi) is 3.63. The van der Waals surface area contributed by atoms with Crippen molar-refractivity contribution in [1.82, 2.24) is 4.90 Å². The van der Waals surface area contributed by atoms with Crippen LogP contribution in [0.5, 0.6) is 0 Å². The van der Waals surface area contributed by atoms with E-state index < -0.39 is 11.9 Å². The molecule has 1 atom stereocenters. The molecule has 1 saturated heterocycles. The fraction of sp³-hybridized carbons (Fsp3) is 0.176. The van der Waals surface area contributed by atoms with Crippen LogP contribution in [0.4, 0.5) is 14.9 Å². The monoisotopic (exact) mass is 298 g/mol. The van der Waals surface area contributed by atoms with Crippen LogP contribution in [0.3, 0.4) is 0 Å². The minimum Gasteiger partial charge on any atom is -0.308 e. The van der Waals surface area contributed by atoms with E-state index in [0.29, 0.717) is 12.2 Å². The maximum atomic E-state index is 13.0. The Labute approximate surface area is 127 Å². The van der Waals surface area contributed by atoms with Crippen molar-refractivity contribution in [3.8, 4) is 0 Å². The lowest BCUT2D eigenvalue weighted by Crippen LogP contribution is -2.33. The summed E-state index contributed by atoms with van der Waals surface area (Å²) in [6.45, 7) is 2.07. The van der Waals surface area contributed by atoms with E-state index in [-0.39, 0.29) is 11.9 Å². The number of nitrogens with zero attached hydrogens (tertiary/aromatic N) is 2. The number of rotatable bonds is 3. The molecular weight excluding hydrogens is 283 g/mol. The number of benzene rings is 2. The molecule has 1 fully saturated rings. The lowest BCUT2D eigenvalue weighted by molar-refractivity contribution is -0.119. The van der Waals surface area contributed by atoms with Gasteiger partial charge < -0.3 is 4.90 Å². The third-order valence-electron chi connectivity index (χ3n) is 3.76. The second-order valence-electron chi connectivity index (χ2n) is 5.22. The quantitative estimate of drug-likeness (QED) is 0.817. The molecule has 0 unspecified atom stereocenters. The van der Waals surface area contributed by atoms with E-state index in [1.165, 1.54) is 29.2 Å². The summed E-state index contributed by atoms with van der Waals surface area (Å²) in [7, 11) is 0. The average Bonchev–Trinajstić information content (AvgIpc) is 2.73. The molecule has 112 valence electrons. The summed E-state index contributed by atoms with van der Waals surface area (Å²) in [5.41, 5.74) is 1.34. The van der Waals surface area contributed by atoms with Gasteiger partial charge in [0.15, 0.2) is 0 Å². The van der Waals surface area contributed by atoms with Gasteiger partial charge in [0.25, 0.3) is 5.91 Å². The molecule has 22 heavy (non-hydrogen) atoms. The molecule has 1 heterocycles. The summed E-state index contributed by atoms with van der Waals surface area (Å²) in [5, 5.41) is 0. The summed E-state index contributed by atoms with van der Waals surface area (Å²) in [6.07, 6.45) is 0. The molecule has 0 aliphatic carbocycles. The van der Waals surface area contributed by atoms with Crippen LogP contribution in [0, 0.1) is 5.82 Å². The second-order valence-corrected chi connectivity index (χ2v) is 5.22. The molecule has 0 radical (unpaired) electrons. The van der Waals surface area contributed by atoms with Gasteiger partial charge in [-0.1, -0.05) is 30.3 Å². The van der Waals surface area contributed by atoms with Crippen molar-refractivity contribution in [3.05, 3.63) is 66.0 Å². The average molecular weight is 298 g/mol. The Hall–Kier alpha value is -2.69. The standard InChI is InChI=1S/C17H15FN2O2/c1-12-16(21)20(15-9-7-14(18)8-10-15)17(22)19(12)11-13-5-3-2-4-6-13/h2-10,12H,11H2,1H3/t12-/m0/s1. The third kappa shape index (κ3) is 2.45. The van der Waals surface area contributed by atoms with Crippen LogP contribution < -0.4 is 4.90 Å². The number of anilines is 1. The number of carbonyl (C=O) groups excluding carboxylic acids is 2. The van der Waals surface area contributed by atoms with E-state index in [1.807, 2.05) is 30.3 Å². The van der Waals surface area contributed by atoms with Gasteiger partial charge in [0.05, 0.1) is 5.69 Å². The highest BCUT2D eigenvalue weighted by atomic mass is 19.1. The van der Waals surface area contributed by atoms with Gasteiger partial charge in [-0.25, -0.2) is 14.1 Å². The SMILES string of the molecule is C[C@H]1C(=O)N(c2ccc(F)cc2)C(=O)N1Cc1ccccc1. The molecule has 0 bridgehead atoms. The number of hydrogen-bond acceptors (Lipinski definition) is 2. The van der Waals surface area contributed by atoms with E-state index in [2.05, 4.69) is 0 Å². The molecule has 1 aliphatic heterocycles. The minimum atomic E-state index is -0.544. The van der Waals surface area contributed by atoms with Crippen molar-refractivity contribution in [2.45, 2.75) is 19.5 Å². The van der Waals surface area contributed by atoms with Crippen LogP contribution in [0.15, 0.2) is 54.6 Å². The highest BCUT2D eigenvalue weighted by molar-refractivity contribution is 6.21. The number of amides is 3. The largest absolute Gasteiger partial charge is 0.332 e. The van der Waals surface area contributed by atoms with Crippen molar-refractivity contribution in [1.29, 1.82) is 0 Å². The Morgan fingerprint density at radius 3 is 2.27 bits per heavy atom. The fourth-order valence-electron chi connectivity index (χ4n) is 2.52. The molecule has 0 aromatic heterocycles. The molecule has 0 spiro atoms.